The molecule has 3 heterocycles. The SMILES string of the molecule is CC[C@H](C)[C@@H]([C@@H](CC(=O)N1CCC[C@H]1[C@H](OC)[C@@H](C)C(=O)C[C@@H](Cc1ccccc1)C(=O)N1CCCCO1)OC)N(C)C(=O)[C@@H](CC(=O)[C@H](C(C)C)N(C)CCCC(=O)CNC(=O)C(C)(C)CCN1C(=O)C=CC1=O)C(C)C. The number of rotatable bonds is 33. The summed E-state index contributed by atoms with van der Waals surface area (Å²) in [6.07, 6.45) is 6.00. The molecule has 0 spiro atoms. The molecular formula is C60H94N6O12. The number of benzene rings is 1. The smallest absolute Gasteiger partial charge is 0.253 e. The Labute approximate surface area is 465 Å². The van der Waals surface area contributed by atoms with Crippen molar-refractivity contribution in [3.05, 3.63) is 48.0 Å². The highest BCUT2D eigenvalue weighted by molar-refractivity contribution is 6.12. The molecule has 1 aromatic carbocycles. The predicted molar refractivity (Wildman–Crippen MR) is 297 cm³/mol. The fourth-order valence-corrected chi connectivity index (χ4v) is 11.5. The number of hydrogen-bond acceptors (Lipinski definition) is 13. The van der Waals surface area contributed by atoms with Crippen molar-refractivity contribution in [3.63, 3.8) is 0 Å². The van der Waals surface area contributed by atoms with Crippen LogP contribution in [0.2, 0.25) is 0 Å². The maximum Gasteiger partial charge on any atom is 0.253 e. The van der Waals surface area contributed by atoms with Crippen LogP contribution in [-0.4, -0.2) is 175 Å². The molecular weight excluding hydrogens is 997 g/mol. The third-order valence-electron chi connectivity index (χ3n) is 16.6. The Morgan fingerprint density at radius 2 is 1.50 bits per heavy atom. The monoisotopic (exact) mass is 1090 g/mol. The Morgan fingerprint density at radius 3 is 2.08 bits per heavy atom. The Morgan fingerprint density at radius 1 is 0.833 bits per heavy atom. The van der Waals surface area contributed by atoms with Crippen LogP contribution >= 0.6 is 0 Å². The van der Waals surface area contributed by atoms with Gasteiger partial charge >= 0.3 is 0 Å². The first-order valence-electron chi connectivity index (χ1n) is 28.6. The number of nitrogens with one attached hydrogen (secondary N) is 1. The number of likely N-dealkylation sites (N-methyl/N-ethyl adjacent to an activating group) is 2. The number of hydrogen-bond donors (Lipinski definition) is 1. The summed E-state index contributed by atoms with van der Waals surface area (Å²) in [6, 6.07) is 8.20. The van der Waals surface area contributed by atoms with Crippen molar-refractivity contribution in [2.24, 2.45) is 40.9 Å². The number of amides is 6. The summed E-state index contributed by atoms with van der Waals surface area (Å²) < 4.78 is 12.2. The molecule has 3 aliphatic rings. The second kappa shape index (κ2) is 31.0. The Hall–Kier alpha value is -5.17. The van der Waals surface area contributed by atoms with Crippen LogP contribution in [0.3, 0.4) is 0 Å². The summed E-state index contributed by atoms with van der Waals surface area (Å²) in [7, 11) is 6.69. The quantitative estimate of drug-likeness (QED) is 0.0771. The molecule has 78 heavy (non-hydrogen) atoms. The van der Waals surface area contributed by atoms with Crippen molar-refractivity contribution in [1.29, 1.82) is 0 Å². The summed E-state index contributed by atoms with van der Waals surface area (Å²) in [5.41, 5.74) is 0.0168. The van der Waals surface area contributed by atoms with Gasteiger partial charge in [-0.1, -0.05) is 99.1 Å². The first-order valence-corrected chi connectivity index (χ1v) is 28.6. The lowest BCUT2D eigenvalue weighted by atomic mass is 9.83. The minimum absolute atomic E-state index is 0.000694. The van der Waals surface area contributed by atoms with Gasteiger partial charge in [0.05, 0.1) is 55.8 Å². The second-order valence-corrected chi connectivity index (χ2v) is 23.4. The number of ketones is 3. The molecule has 2 fully saturated rings. The van der Waals surface area contributed by atoms with Crippen molar-refractivity contribution in [1.82, 2.24) is 30.0 Å². The minimum Gasteiger partial charge on any atom is -0.379 e. The average molecular weight is 1090 g/mol. The summed E-state index contributed by atoms with van der Waals surface area (Å²) in [6.45, 7) is 18.8. The zero-order valence-electron chi connectivity index (χ0n) is 49.3. The van der Waals surface area contributed by atoms with E-state index in [1.54, 1.807) is 44.9 Å². The normalized spacial score (nSPS) is 19.2. The van der Waals surface area contributed by atoms with E-state index < -0.39 is 65.3 Å². The molecule has 2 saturated heterocycles. The maximum atomic E-state index is 14.8. The van der Waals surface area contributed by atoms with E-state index in [0.29, 0.717) is 58.3 Å². The van der Waals surface area contributed by atoms with Gasteiger partial charge in [-0.05, 0) is 81.9 Å². The number of likely N-dealkylation sites (tertiary alicyclic amines) is 1. The van der Waals surface area contributed by atoms with E-state index in [9.17, 15) is 43.2 Å². The number of nitrogens with zero attached hydrogens (tertiary/aromatic N) is 5. The van der Waals surface area contributed by atoms with Crippen LogP contribution in [0.4, 0.5) is 0 Å². The molecule has 0 aromatic heterocycles. The number of hydroxylamine groups is 2. The summed E-state index contributed by atoms with van der Waals surface area (Å²) >= 11 is 0. The molecule has 0 bridgehead atoms. The Bertz CT molecular complexity index is 2210. The molecule has 0 saturated carbocycles. The van der Waals surface area contributed by atoms with E-state index in [1.807, 2.05) is 90.7 Å². The fraction of sp³-hybridized carbons (Fsp3) is 0.717. The van der Waals surface area contributed by atoms with Crippen molar-refractivity contribution in [3.8, 4) is 0 Å². The third kappa shape index (κ3) is 17.9. The molecule has 0 aliphatic carbocycles. The second-order valence-electron chi connectivity index (χ2n) is 23.4. The van der Waals surface area contributed by atoms with E-state index in [0.717, 1.165) is 23.3 Å². The highest BCUT2D eigenvalue weighted by atomic mass is 16.7. The lowest BCUT2D eigenvalue weighted by molar-refractivity contribution is -0.201. The Balaban J connectivity index is 1.38. The lowest BCUT2D eigenvalue weighted by Gasteiger charge is -2.41. The zero-order valence-corrected chi connectivity index (χ0v) is 49.3. The van der Waals surface area contributed by atoms with E-state index in [4.69, 9.17) is 14.3 Å². The molecule has 0 radical (unpaired) electrons. The van der Waals surface area contributed by atoms with Crippen LogP contribution in [0.5, 0.6) is 0 Å². The van der Waals surface area contributed by atoms with E-state index in [2.05, 4.69) is 5.32 Å². The van der Waals surface area contributed by atoms with Gasteiger partial charge in [0, 0.05) is 89.6 Å². The predicted octanol–water partition coefficient (Wildman–Crippen LogP) is 6.27. The number of Topliss-reactive ketones (excluding diaryl/α,β-unsaturated/α-hetero) is 3. The van der Waals surface area contributed by atoms with Gasteiger partial charge in [0.15, 0.2) is 11.6 Å². The molecule has 4 rings (SSSR count). The third-order valence-corrected chi connectivity index (χ3v) is 16.6. The van der Waals surface area contributed by atoms with Crippen molar-refractivity contribution >= 4 is 52.8 Å². The van der Waals surface area contributed by atoms with Gasteiger partial charge in [-0.25, -0.2) is 5.06 Å². The number of carbonyl (C=O) groups excluding carboxylic acids is 9. The fourth-order valence-electron chi connectivity index (χ4n) is 11.5. The maximum absolute atomic E-state index is 14.8. The molecule has 436 valence electrons. The summed E-state index contributed by atoms with van der Waals surface area (Å²) in [5, 5.41) is 4.12. The molecule has 9 atom stereocenters. The van der Waals surface area contributed by atoms with Crippen molar-refractivity contribution in [2.45, 2.75) is 170 Å². The van der Waals surface area contributed by atoms with Gasteiger partial charge < -0.3 is 24.6 Å². The summed E-state index contributed by atoms with van der Waals surface area (Å²) in [4.78, 5) is 134. The van der Waals surface area contributed by atoms with E-state index >= 15 is 0 Å². The standard InChI is InChI=1S/C60H94N6O12/c1-14-41(6)55(50(76-12)37-53(72)64-30-21-25-47(64)56(77-13)42(7)48(68)35-44(34-43-22-16-15-17-23-43)57(73)66-31-18-19-33-78-66)63(11)58(74)46(39(2)3)36-49(69)54(40(4)5)62(10)29-20-24-45(67)38-61-59(75)60(8,9)28-32-65-51(70)26-27-52(65)71/h15-17,22-23,26-27,39-42,44,46-47,50,54-56H,14,18-21,24-25,28-38H2,1-13H3,(H,61,75)/t41-,42-,44+,46-,47-,50+,54-,55-,56+/m0/s1. The van der Waals surface area contributed by atoms with Crippen molar-refractivity contribution in [2.75, 3.05) is 67.6 Å². The van der Waals surface area contributed by atoms with Crippen LogP contribution in [-0.2, 0) is 63.9 Å². The molecule has 1 N–H and O–H groups in total. The first kappa shape index (κ1) is 65.3. The number of methoxy groups -OCH3 is 2. The molecule has 6 amide bonds. The molecule has 18 nitrogen and oxygen atoms in total. The van der Waals surface area contributed by atoms with Gasteiger partial charge in [-0.15, -0.1) is 0 Å². The van der Waals surface area contributed by atoms with Gasteiger partial charge in [-0.2, -0.15) is 0 Å². The highest BCUT2D eigenvalue weighted by Crippen LogP contribution is 2.33. The van der Waals surface area contributed by atoms with Gasteiger partial charge in [0.1, 0.15) is 5.78 Å². The topological polar surface area (TPSA) is 210 Å². The number of ether oxygens (including phenoxy) is 2. The van der Waals surface area contributed by atoms with Crippen LogP contribution in [0.25, 0.3) is 0 Å². The summed E-state index contributed by atoms with van der Waals surface area (Å²) in [5.74, 6) is -4.49. The van der Waals surface area contributed by atoms with E-state index in [1.165, 1.54) is 17.2 Å². The van der Waals surface area contributed by atoms with Gasteiger partial charge in [-0.3, -0.25) is 57.8 Å². The van der Waals surface area contributed by atoms with Crippen LogP contribution in [0, 0.1) is 40.9 Å². The van der Waals surface area contributed by atoms with Crippen LogP contribution in [0.15, 0.2) is 42.5 Å². The van der Waals surface area contributed by atoms with Gasteiger partial charge in [0.2, 0.25) is 23.6 Å². The number of imide groups is 1. The van der Waals surface area contributed by atoms with Crippen LogP contribution < -0.4 is 5.32 Å². The van der Waals surface area contributed by atoms with E-state index in [-0.39, 0.29) is 104 Å². The van der Waals surface area contributed by atoms with Crippen LogP contribution in [0.1, 0.15) is 139 Å². The highest BCUT2D eigenvalue weighted by Gasteiger charge is 2.44. The molecule has 3 aliphatic heterocycles. The largest absolute Gasteiger partial charge is 0.379 e. The first-order chi connectivity index (χ1) is 36.9. The van der Waals surface area contributed by atoms with Gasteiger partial charge in [0.25, 0.3) is 11.8 Å². The molecule has 1 aromatic rings. The lowest BCUT2D eigenvalue weighted by Crippen LogP contribution is -2.54. The van der Waals surface area contributed by atoms with Crippen molar-refractivity contribution < 1.29 is 57.5 Å². The molecule has 0 unspecified atom stereocenters. The minimum atomic E-state index is -0.932. The average Bonchev–Trinajstić information content (AvgIpc) is 4.03. The zero-order chi connectivity index (χ0) is 58.0. The number of carbonyl (C=O) groups is 9. The molecule has 18 heteroatoms. The Kier molecular flexibility index (Phi) is 26.0.